The van der Waals surface area contributed by atoms with Crippen LogP contribution in [0.1, 0.15) is 19.5 Å². The summed E-state index contributed by atoms with van der Waals surface area (Å²) >= 11 is 0. The van der Waals surface area contributed by atoms with Crippen molar-refractivity contribution in [3.8, 4) is 5.75 Å². The topological polar surface area (TPSA) is 74.2 Å². The van der Waals surface area contributed by atoms with E-state index in [0.29, 0.717) is 12.3 Å². The Labute approximate surface area is 107 Å². The standard InChI is InChI=1S/C14H19N3O/c1-9-7-10(15)13-11(17-9)5-4-6-12(13)18-8-14(2,3)16/h4-7H,8,16H2,1-3H3,(H2,15,17). The first kappa shape index (κ1) is 12.6. The number of nitrogens with two attached hydrogens (primary N) is 2. The summed E-state index contributed by atoms with van der Waals surface area (Å²) in [6, 6.07) is 7.58. The summed E-state index contributed by atoms with van der Waals surface area (Å²) in [6.45, 7) is 6.19. The summed E-state index contributed by atoms with van der Waals surface area (Å²) in [4.78, 5) is 4.45. The molecule has 0 spiro atoms. The molecule has 0 saturated carbocycles. The Morgan fingerprint density at radius 1 is 1.33 bits per heavy atom. The van der Waals surface area contributed by atoms with Gasteiger partial charge in [0.15, 0.2) is 0 Å². The highest BCUT2D eigenvalue weighted by molar-refractivity contribution is 5.95. The first-order chi connectivity index (χ1) is 8.37. The van der Waals surface area contributed by atoms with E-state index in [1.807, 2.05) is 45.0 Å². The quantitative estimate of drug-likeness (QED) is 0.869. The molecule has 0 bridgehead atoms. The van der Waals surface area contributed by atoms with Crippen molar-refractivity contribution < 1.29 is 4.74 Å². The van der Waals surface area contributed by atoms with E-state index in [4.69, 9.17) is 16.2 Å². The highest BCUT2D eigenvalue weighted by Crippen LogP contribution is 2.30. The van der Waals surface area contributed by atoms with Gasteiger partial charge in [0.1, 0.15) is 12.4 Å². The maximum absolute atomic E-state index is 6.05. The second kappa shape index (κ2) is 4.46. The lowest BCUT2D eigenvalue weighted by Crippen LogP contribution is -2.38. The molecule has 0 amide bonds. The van der Waals surface area contributed by atoms with Crippen molar-refractivity contribution >= 4 is 16.6 Å². The smallest absolute Gasteiger partial charge is 0.130 e. The van der Waals surface area contributed by atoms with Gasteiger partial charge in [-0.1, -0.05) is 6.07 Å². The van der Waals surface area contributed by atoms with Crippen molar-refractivity contribution in [3.05, 3.63) is 30.0 Å². The normalized spacial score (nSPS) is 11.8. The Bertz CT molecular complexity index is 573. The number of fused-ring (bicyclic) bond motifs is 1. The third-order valence-corrected chi connectivity index (χ3v) is 2.55. The number of nitrogens with zero attached hydrogens (tertiary/aromatic N) is 1. The fourth-order valence-corrected chi connectivity index (χ4v) is 1.81. The van der Waals surface area contributed by atoms with Gasteiger partial charge in [0, 0.05) is 16.9 Å². The minimum atomic E-state index is -0.380. The molecule has 0 aliphatic carbocycles. The van der Waals surface area contributed by atoms with E-state index in [0.717, 1.165) is 22.3 Å². The fraction of sp³-hybridized carbons (Fsp3) is 0.357. The summed E-state index contributed by atoms with van der Waals surface area (Å²) in [6.07, 6.45) is 0. The van der Waals surface area contributed by atoms with Crippen LogP contribution < -0.4 is 16.2 Å². The van der Waals surface area contributed by atoms with Crippen molar-refractivity contribution in [3.63, 3.8) is 0 Å². The number of hydrogen-bond donors (Lipinski definition) is 2. The van der Waals surface area contributed by atoms with Gasteiger partial charge in [0.05, 0.1) is 10.9 Å². The van der Waals surface area contributed by atoms with E-state index in [2.05, 4.69) is 4.98 Å². The van der Waals surface area contributed by atoms with Crippen LogP contribution in [-0.2, 0) is 0 Å². The van der Waals surface area contributed by atoms with Crippen LogP contribution in [0.3, 0.4) is 0 Å². The van der Waals surface area contributed by atoms with Crippen molar-refractivity contribution in [2.24, 2.45) is 5.73 Å². The highest BCUT2D eigenvalue weighted by atomic mass is 16.5. The lowest BCUT2D eigenvalue weighted by molar-refractivity contribution is 0.246. The van der Waals surface area contributed by atoms with Gasteiger partial charge in [-0.2, -0.15) is 0 Å². The van der Waals surface area contributed by atoms with Gasteiger partial charge in [-0.15, -0.1) is 0 Å². The molecule has 18 heavy (non-hydrogen) atoms. The van der Waals surface area contributed by atoms with Gasteiger partial charge in [-0.3, -0.25) is 4.98 Å². The van der Waals surface area contributed by atoms with E-state index in [1.165, 1.54) is 0 Å². The van der Waals surface area contributed by atoms with Crippen LogP contribution in [0.5, 0.6) is 5.75 Å². The van der Waals surface area contributed by atoms with E-state index < -0.39 is 0 Å². The molecule has 2 aromatic rings. The Kier molecular flexibility index (Phi) is 3.13. The van der Waals surface area contributed by atoms with Crippen LogP contribution in [0.4, 0.5) is 5.69 Å². The largest absolute Gasteiger partial charge is 0.491 e. The molecular formula is C14H19N3O. The molecule has 0 aliphatic rings. The van der Waals surface area contributed by atoms with E-state index in [-0.39, 0.29) is 5.54 Å². The number of anilines is 1. The average molecular weight is 245 g/mol. The molecule has 0 atom stereocenters. The van der Waals surface area contributed by atoms with Crippen LogP contribution in [0.25, 0.3) is 10.9 Å². The maximum Gasteiger partial charge on any atom is 0.130 e. The highest BCUT2D eigenvalue weighted by Gasteiger charge is 2.14. The second-order valence-electron chi connectivity index (χ2n) is 5.28. The summed E-state index contributed by atoms with van der Waals surface area (Å²) in [7, 11) is 0. The fourth-order valence-electron chi connectivity index (χ4n) is 1.81. The minimum absolute atomic E-state index is 0.380. The molecule has 0 saturated heterocycles. The second-order valence-corrected chi connectivity index (χ2v) is 5.28. The Morgan fingerprint density at radius 3 is 2.72 bits per heavy atom. The van der Waals surface area contributed by atoms with Crippen molar-refractivity contribution in [1.82, 2.24) is 4.98 Å². The lowest BCUT2D eigenvalue weighted by Gasteiger charge is -2.20. The van der Waals surface area contributed by atoms with Gasteiger partial charge in [0.25, 0.3) is 0 Å². The van der Waals surface area contributed by atoms with Gasteiger partial charge >= 0.3 is 0 Å². The van der Waals surface area contributed by atoms with Gasteiger partial charge < -0.3 is 16.2 Å². The predicted molar refractivity (Wildman–Crippen MR) is 74.7 cm³/mol. The molecule has 0 radical (unpaired) electrons. The summed E-state index contributed by atoms with van der Waals surface area (Å²) < 4.78 is 5.76. The summed E-state index contributed by atoms with van der Waals surface area (Å²) in [5.41, 5.74) is 14.0. The molecule has 1 heterocycles. The van der Waals surface area contributed by atoms with Crippen molar-refractivity contribution in [1.29, 1.82) is 0 Å². The molecule has 4 heteroatoms. The van der Waals surface area contributed by atoms with Crippen LogP contribution in [0.2, 0.25) is 0 Å². The molecule has 4 N–H and O–H groups in total. The third kappa shape index (κ3) is 2.71. The first-order valence-corrected chi connectivity index (χ1v) is 5.94. The molecule has 4 nitrogen and oxygen atoms in total. The number of ether oxygens (including phenoxy) is 1. The van der Waals surface area contributed by atoms with E-state index in [1.54, 1.807) is 0 Å². The minimum Gasteiger partial charge on any atom is -0.491 e. The van der Waals surface area contributed by atoms with Crippen molar-refractivity contribution in [2.75, 3.05) is 12.3 Å². The Hall–Kier alpha value is -1.81. The van der Waals surface area contributed by atoms with Gasteiger partial charge in [-0.25, -0.2) is 0 Å². The number of rotatable bonds is 3. The number of nitrogen functional groups attached to an aromatic ring is 1. The van der Waals surface area contributed by atoms with Crippen LogP contribution in [0.15, 0.2) is 24.3 Å². The average Bonchev–Trinajstić information content (AvgIpc) is 2.24. The molecule has 0 aliphatic heterocycles. The number of aromatic nitrogens is 1. The first-order valence-electron chi connectivity index (χ1n) is 5.94. The number of benzene rings is 1. The predicted octanol–water partition coefficient (Wildman–Crippen LogP) is 2.24. The molecule has 1 aromatic heterocycles. The van der Waals surface area contributed by atoms with Crippen LogP contribution in [0, 0.1) is 6.92 Å². The van der Waals surface area contributed by atoms with E-state index >= 15 is 0 Å². The molecular weight excluding hydrogens is 226 g/mol. The Morgan fingerprint density at radius 2 is 2.06 bits per heavy atom. The molecule has 1 aromatic carbocycles. The SMILES string of the molecule is Cc1cc(N)c2c(OCC(C)(C)N)cccc2n1. The molecule has 0 unspecified atom stereocenters. The summed E-state index contributed by atoms with van der Waals surface area (Å²) in [5.74, 6) is 0.732. The van der Waals surface area contributed by atoms with Crippen LogP contribution >= 0.6 is 0 Å². The maximum atomic E-state index is 6.05. The van der Waals surface area contributed by atoms with Gasteiger partial charge in [0.2, 0.25) is 0 Å². The molecule has 0 fully saturated rings. The zero-order chi connectivity index (χ0) is 13.3. The molecule has 96 valence electrons. The third-order valence-electron chi connectivity index (χ3n) is 2.55. The monoisotopic (exact) mass is 245 g/mol. The lowest BCUT2D eigenvalue weighted by atomic mass is 10.1. The zero-order valence-corrected chi connectivity index (χ0v) is 11.0. The number of hydrogen-bond acceptors (Lipinski definition) is 4. The number of pyridine rings is 1. The van der Waals surface area contributed by atoms with E-state index in [9.17, 15) is 0 Å². The van der Waals surface area contributed by atoms with Crippen LogP contribution in [-0.4, -0.2) is 17.1 Å². The Balaban J connectivity index is 2.45. The number of aryl methyl sites for hydroxylation is 1. The zero-order valence-electron chi connectivity index (χ0n) is 11.0. The summed E-state index contributed by atoms with van der Waals surface area (Å²) in [5, 5.41) is 0.854. The van der Waals surface area contributed by atoms with Gasteiger partial charge in [-0.05, 0) is 39.0 Å². The molecule has 2 rings (SSSR count). The van der Waals surface area contributed by atoms with Crippen molar-refractivity contribution in [2.45, 2.75) is 26.3 Å².